The molecule has 68 valence electrons. The number of aromatic nitrogens is 4. The van der Waals surface area contributed by atoms with Gasteiger partial charge in [-0.05, 0) is 11.6 Å². The summed E-state index contributed by atoms with van der Waals surface area (Å²) >= 11 is 5.62. The fourth-order valence-corrected chi connectivity index (χ4v) is 1.23. The van der Waals surface area contributed by atoms with Gasteiger partial charge in [0.15, 0.2) is 5.65 Å². The van der Waals surface area contributed by atoms with Crippen molar-refractivity contribution in [2.45, 2.75) is 6.54 Å². The third-order valence-electron chi connectivity index (χ3n) is 1.67. The van der Waals surface area contributed by atoms with Gasteiger partial charge in [0.1, 0.15) is 5.52 Å². The highest BCUT2D eigenvalue weighted by Crippen LogP contribution is 2.10. The zero-order valence-corrected chi connectivity index (χ0v) is 7.44. The van der Waals surface area contributed by atoms with Gasteiger partial charge in [0.25, 0.3) is 0 Å². The Morgan fingerprint density at radius 3 is 3.08 bits per heavy atom. The third-order valence-corrected chi connectivity index (χ3v) is 1.85. The molecule has 13 heavy (non-hydrogen) atoms. The lowest BCUT2D eigenvalue weighted by Crippen LogP contribution is -2.01. The van der Waals surface area contributed by atoms with Crippen LogP contribution in [0.15, 0.2) is 12.5 Å². The van der Waals surface area contributed by atoms with Crippen molar-refractivity contribution >= 4 is 22.8 Å². The van der Waals surface area contributed by atoms with Crippen molar-refractivity contribution in [2.75, 3.05) is 6.61 Å². The van der Waals surface area contributed by atoms with Crippen LogP contribution in [-0.4, -0.2) is 31.2 Å². The average Bonchev–Trinajstić information content (AvgIpc) is 2.49. The number of nitrogens with zero attached hydrogens (tertiary/aromatic N) is 4. The highest BCUT2D eigenvalue weighted by molar-refractivity contribution is 6.28. The lowest BCUT2D eigenvalue weighted by atomic mass is 10.5. The van der Waals surface area contributed by atoms with Crippen LogP contribution in [0.2, 0.25) is 5.28 Å². The van der Waals surface area contributed by atoms with Crippen molar-refractivity contribution in [3.8, 4) is 0 Å². The maximum absolute atomic E-state index is 8.74. The summed E-state index contributed by atoms with van der Waals surface area (Å²) < 4.78 is 1.73. The molecule has 2 heterocycles. The summed E-state index contributed by atoms with van der Waals surface area (Å²) in [7, 11) is 0. The number of hydrogen-bond donors (Lipinski definition) is 1. The van der Waals surface area contributed by atoms with E-state index >= 15 is 0 Å². The molecule has 0 saturated carbocycles. The summed E-state index contributed by atoms with van der Waals surface area (Å²) in [5.41, 5.74) is 1.33. The molecule has 1 N–H and O–H groups in total. The summed E-state index contributed by atoms with van der Waals surface area (Å²) in [6, 6.07) is 0. The minimum absolute atomic E-state index is 0.0487. The smallest absolute Gasteiger partial charge is 0.224 e. The van der Waals surface area contributed by atoms with E-state index in [1.165, 1.54) is 0 Å². The first kappa shape index (κ1) is 8.40. The number of aliphatic hydroxyl groups is 1. The molecule has 0 amide bonds. The molecule has 0 aliphatic heterocycles. The molecule has 0 aliphatic rings. The molecule has 0 aliphatic carbocycles. The van der Waals surface area contributed by atoms with E-state index < -0.39 is 0 Å². The Morgan fingerprint density at radius 1 is 1.46 bits per heavy atom. The molecule has 2 rings (SSSR count). The molecule has 0 saturated heterocycles. The fourth-order valence-electron chi connectivity index (χ4n) is 1.11. The summed E-state index contributed by atoms with van der Waals surface area (Å²) in [5.74, 6) is 0. The maximum atomic E-state index is 8.74. The van der Waals surface area contributed by atoms with Gasteiger partial charge in [-0.1, -0.05) is 0 Å². The van der Waals surface area contributed by atoms with E-state index in [4.69, 9.17) is 16.7 Å². The number of aliphatic hydroxyl groups excluding tert-OH is 1. The van der Waals surface area contributed by atoms with Crippen LogP contribution in [0.3, 0.4) is 0 Å². The molecule has 6 heteroatoms. The zero-order valence-electron chi connectivity index (χ0n) is 6.68. The Morgan fingerprint density at radius 2 is 2.31 bits per heavy atom. The minimum Gasteiger partial charge on any atom is -0.395 e. The van der Waals surface area contributed by atoms with Crippen molar-refractivity contribution in [2.24, 2.45) is 0 Å². The SMILES string of the molecule is OCCn1cnc2cnc(Cl)nc21. The van der Waals surface area contributed by atoms with Gasteiger partial charge in [-0.2, -0.15) is 4.98 Å². The van der Waals surface area contributed by atoms with Crippen LogP contribution in [0.25, 0.3) is 11.2 Å². The van der Waals surface area contributed by atoms with E-state index in [1.54, 1.807) is 17.1 Å². The quantitative estimate of drug-likeness (QED) is 0.713. The molecular formula is C7H7ClN4O. The van der Waals surface area contributed by atoms with Crippen molar-refractivity contribution in [1.82, 2.24) is 19.5 Å². The predicted molar refractivity (Wildman–Crippen MR) is 47.4 cm³/mol. The third kappa shape index (κ3) is 1.48. The minimum atomic E-state index is 0.0487. The lowest BCUT2D eigenvalue weighted by Gasteiger charge is -1.98. The molecule has 0 unspecified atom stereocenters. The second-order valence-electron chi connectivity index (χ2n) is 2.51. The maximum Gasteiger partial charge on any atom is 0.224 e. The van der Waals surface area contributed by atoms with E-state index in [2.05, 4.69) is 15.0 Å². The first-order valence-electron chi connectivity index (χ1n) is 3.75. The van der Waals surface area contributed by atoms with Crippen molar-refractivity contribution < 1.29 is 5.11 Å². The molecule has 0 aromatic carbocycles. The highest BCUT2D eigenvalue weighted by Gasteiger charge is 2.04. The summed E-state index contributed by atoms with van der Waals surface area (Å²) in [4.78, 5) is 11.8. The van der Waals surface area contributed by atoms with Crippen LogP contribution in [0.1, 0.15) is 0 Å². The second kappa shape index (κ2) is 3.27. The summed E-state index contributed by atoms with van der Waals surface area (Å²) in [5, 5.41) is 8.93. The first-order chi connectivity index (χ1) is 6.31. The Hall–Kier alpha value is -1.20. The van der Waals surface area contributed by atoms with E-state index in [0.717, 1.165) is 0 Å². The average molecular weight is 199 g/mol. The second-order valence-corrected chi connectivity index (χ2v) is 2.85. The number of halogens is 1. The summed E-state index contributed by atoms with van der Waals surface area (Å²) in [6.07, 6.45) is 3.16. The van der Waals surface area contributed by atoms with Crippen LogP contribution in [-0.2, 0) is 6.54 Å². The number of hydrogen-bond acceptors (Lipinski definition) is 4. The molecule has 0 radical (unpaired) electrons. The Balaban J connectivity index is 2.58. The Bertz CT molecular complexity index is 427. The number of rotatable bonds is 2. The van der Waals surface area contributed by atoms with Gasteiger partial charge < -0.3 is 9.67 Å². The molecule has 0 spiro atoms. The van der Waals surface area contributed by atoms with Crippen LogP contribution >= 0.6 is 11.6 Å². The van der Waals surface area contributed by atoms with Crippen LogP contribution < -0.4 is 0 Å². The monoisotopic (exact) mass is 198 g/mol. The molecule has 2 aromatic rings. The first-order valence-corrected chi connectivity index (χ1v) is 4.13. The van der Waals surface area contributed by atoms with Gasteiger partial charge >= 0.3 is 0 Å². The van der Waals surface area contributed by atoms with Crippen molar-refractivity contribution in [3.63, 3.8) is 0 Å². The van der Waals surface area contributed by atoms with E-state index in [-0.39, 0.29) is 11.9 Å². The lowest BCUT2D eigenvalue weighted by molar-refractivity contribution is 0.277. The van der Waals surface area contributed by atoms with Crippen LogP contribution in [0.5, 0.6) is 0 Å². The summed E-state index contributed by atoms with van der Waals surface area (Å²) in [6.45, 7) is 0.511. The predicted octanol–water partition coefficient (Wildman–Crippen LogP) is 0.472. The number of imidazole rings is 1. The van der Waals surface area contributed by atoms with Crippen LogP contribution in [0.4, 0.5) is 0 Å². The molecular weight excluding hydrogens is 192 g/mol. The molecule has 0 atom stereocenters. The van der Waals surface area contributed by atoms with Crippen molar-refractivity contribution in [3.05, 3.63) is 17.8 Å². The Kier molecular flexibility index (Phi) is 2.12. The molecule has 0 bridgehead atoms. The molecule has 5 nitrogen and oxygen atoms in total. The van der Waals surface area contributed by atoms with E-state index in [9.17, 15) is 0 Å². The Labute approximate surface area is 79.0 Å². The van der Waals surface area contributed by atoms with E-state index in [0.29, 0.717) is 17.7 Å². The normalized spacial score (nSPS) is 10.9. The van der Waals surface area contributed by atoms with Gasteiger partial charge in [-0.3, -0.25) is 0 Å². The fraction of sp³-hybridized carbons (Fsp3) is 0.286. The van der Waals surface area contributed by atoms with E-state index in [1.807, 2.05) is 0 Å². The molecule has 0 fully saturated rings. The van der Waals surface area contributed by atoms with Gasteiger partial charge in [-0.25, -0.2) is 9.97 Å². The van der Waals surface area contributed by atoms with Gasteiger partial charge in [0.2, 0.25) is 5.28 Å². The van der Waals surface area contributed by atoms with Gasteiger partial charge in [0, 0.05) is 6.54 Å². The largest absolute Gasteiger partial charge is 0.395 e. The zero-order chi connectivity index (χ0) is 9.26. The standard InChI is InChI=1S/C7H7ClN4O/c8-7-9-3-5-6(11-7)12(1-2-13)4-10-5/h3-4,13H,1-2H2. The van der Waals surface area contributed by atoms with Crippen LogP contribution in [0, 0.1) is 0 Å². The van der Waals surface area contributed by atoms with Gasteiger partial charge in [0.05, 0.1) is 19.1 Å². The molecule has 2 aromatic heterocycles. The highest BCUT2D eigenvalue weighted by atomic mass is 35.5. The number of fused-ring (bicyclic) bond motifs is 1. The van der Waals surface area contributed by atoms with Crippen molar-refractivity contribution in [1.29, 1.82) is 0 Å². The topological polar surface area (TPSA) is 63.8 Å². The van der Waals surface area contributed by atoms with Gasteiger partial charge in [-0.15, -0.1) is 0 Å².